The molecule has 0 radical (unpaired) electrons. The number of rotatable bonds is 0. The van der Waals surface area contributed by atoms with Gasteiger partial charge in [0.2, 0.25) is 0 Å². The van der Waals surface area contributed by atoms with Crippen LogP contribution in [0.1, 0.15) is 20.3 Å². The predicted molar refractivity (Wildman–Crippen MR) is 50.0 cm³/mol. The summed E-state index contributed by atoms with van der Waals surface area (Å²) in [5.74, 6) is 0. The van der Waals surface area contributed by atoms with Crippen molar-refractivity contribution in [3.8, 4) is 0 Å². The van der Waals surface area contributed by atoms with E-state index in [4.69, 9.17) is 0 Å². The Labute approximate surface area is 68.9 Å². The van der Waals surface area contributed by atoms with E-state index in [0.717, 1.165) is 0 Å². The molecule has 0 bridgehead atoms. The van der Waals surface area contributed by atoms with Crippen molar-refractivity contribution < 1.29 is 1.43 Å². The van der Waals surface area contributed by atoms with Gasteiger partial charge in [-0.1, -0.05) is 18.2 Å². The molecule has 1 aliphatic rings. The highest BCUT2D eigenvalue weighted by Gasteiger charge is 2.11. The second-order valence-corrected chi connectivity index (χ2v) is 3.24. The minimum Gasteiger partial charge on any atom is -0.382 e. The summed E-state index contributed by atoms with van der Waals surface area (Å²) in [7, 11) is 0. The summed E-state index contributed by atoms with van der Waals surface area (Å²) in [6, 6.07) is 9.20. The number of aryl methyl sites for hydroxylation is 1. The van der Waals surface area contributed by atoms with Crippen LogP contribution in [0.2, 0.25) is 0 Å². The molecule has 1 atom stereocenters. The summed E-state index contributed by atoms with van der Waals surface area (Å²) in [5.41, 5.74) is 2.79. The lowest BCUT2D eigenvalue weighted by atomic mass is 9.99. The van der Waals surface area contributed by atoms with Crippen LogP contribution in [0, 0.1) is 0 Å². The van der Waals surface area contributed by atoms with Crippen molar-refractivity contribution in [2.24, 2.45) is 0 Å². The SMILES string of the molecule is CC1CCc2ccccc2N1.[HH]. The molecule has 0 saturated carbocycles. The Balaban J connectivity index is 0.000000720. The van der Waals surface area contributed by atoms with Crippen molar-refractivity contribution in [3.63, 3.8) is 0 Å². The normalized spacial score (nSPS) is 22.1. The highest BCUT2D eigenvalue weighted by atomic mass is 14.9. The number of nitrogens with one attached hydrogen (secondary N) is 1. The zero-order valence-corrected chi connectivity index (χ0v) is 6.80. The zero-order valence-electron chi connectivity index (χ0n) is 6.80. The van der Waals surface area contributed by atoms with Gasteiger partial charge in [0.1, 0.15) is 0 Å². The summed E-state index contributed by atoms with van der Waals surface area (Å²) in [5, 5.41) is 3.46. The summed E-state index contributed by atoms with van der Waals surface area (Å²) < 4.78 is 0. The third-order valence-corrected chi connectivity index (χ3v) is 2.27. The monoisotopic (exact) mass is 149 g/mol. The van der Waals surface area contributed by atoms with Gasteiger partial charge >= 0.3 is 0 Å². The molecule has 1 heterocycles. The highest BCUT2D eigenvalue weighted by molar-refractivity contribution is 5.53. The van der Waals surface area contributed by atoms with Gasteiger partial charge in [-0.15, -0.1) is 0 Å². The van der Waals surface area contributed by atoms with Crippen LogP contribution in [0.3, 0.4) is 0 Å². The lowest BCUT2D eigenvalue weighted by Crippen LogP contribution is -2.21. The molecule has 1 heteroatoms. The molecule has 0 aliphatic carbocycles. The van der Waals surface area contributed by atoms with Crippen LogP contribution in [-0.2, 0) is 6.42 Å². The molecule has 1 aromatic carbocycles. The van der Waals surface area contributed by atoms with E-state index in [2.05, 4.69) is 36.5 Å². The Kier molecular flexibility index (Phi) is 1.57. The Hall–Kier alpha value is -0.980. The number of para-hydroxylation sites is 1. The molecule has 60 valence electrons. The molecular weight excluding hydrogens is 134 g/mol. The third-order valence-electron chi connectivity index (χ3n) is 2.27. The van der Waals surface area contributed by atoms with Gasteiger partial charge in [0.15, 0.2) is 0 Å². The first-order valence-corrected chi connectivity index (χ1v) is 4.21. The van der Waals surface area contributed by atoms with Crippen LogP contribution >= 0.6 is 0 Å². The van der Waals surface area contributed by atoms with E-state index >= 15 is 0 Å². The first-order valence-electron chi connectivity index (χ1n) is 4.21. The van der Waals surface area contributed by atoms with Gasteiger partial charge in [0, 0.05) is 13.2 Å². The highest BCUT2D eigenvalue weighted by Crippen LogP contribution is 2.23. The van der Waals surface area contributed by atoms with Gasteiger partial charge in [-0.2, -0.15) is 0 Å². The smallest absolute Gasteiger partial charge is 0.0374 e. The second kappa shape index (κ2) is 2.57. The molecule has 0 spiro atoms. The molecular formula is C10H15N. The average Bonchev–Trinajstić information content (AvgIpc) is 2.04. The Morgan fingerprint density at radius 2 is 2.27 bits per heavy atom. The Morgan fingerprint density at radius 1 is 1.45 bits per heavy atom. The molecule has 11 heavy (non-hydrogen) atoms. The average molecular weight is 149 g/mol. The molecule has 0 amide bonds. The quantitative estimate of drug-likeness (QED) is 0.598. The third kappa shape index (κ3) is 1.23. The lowest BCUT2D eigenvalue weighted by molar-refractivity contribution is 0.681. The molecule has 1 aliphatic heterocycles. The molecule has 1 unspecified atom stereocenters. The first-order chi connectivity index (χ1) is 5.36. The van der Waals surface area contributed by atoms with Crippen LogP contribution in [0.5, 0.6) is 0 Å². The fourth-order valence-corrected chi connectivity index (χ4v) is 1.59. The second-order valence-electron chi connectivity index (χ2n) is 3.24. The fraction of sp³-hybridized carbons (Fsp3) is 0.400. The Morgan fingerprint density at radius 3 is 3.18 bits per heavy atom. The molecule has 0 fully saturated rings. The van der Waals surface area contributed by atoms with Gasteiger partial charge in [0.25, 0.3) is 0 Å². The number of benzene rings is 1. The fourth-order valence-electron chi connectivity index (χ4n) is 1.59. The van der Waals surface area contributed by atoms with E-state index in [1.807, 2.05) is 0 Å². The Bertz CT molecular complexity index is 260. The van der Waals surface area contributed by atoms with Gasteiger partial charge in [0.05, 0.1) is 0 Å². The maximum atomic E-state index is 3.46. The number of fused-ring (bicyclic) bond motifs is 1. The van der Waals surface area contributed by atoms with Crippen LogP contribution in [0.25, 0.3) is 0 Å². The maximum absolute atomic E-state index is 3.46. The number of hydrogen-bond donors (Lipinski definition) is 1. The van der Waals surface area contributed by atoms with E-state index in [1.54, 1.807) is 0 Å². The van der Waals surface area contributed by atoms with Crippen LogP contribution in [0.15, 0.2) is 24.3 Å². The van der Waals surface area contributed by atoms with Crippen molar-refractivity contribution in [1.82, 2.24) is 0 Å². The largest absolute Gasteiger partial charge is 0.382 e. The summed E-state index contributed by atoms with van der Waals surface area (Å²) >= 11 is 0. The van der Waals surface area contributed by atoms with Crippen molar-refractivity contribution in [3.05, 3.63) is 29.8 Å². The van der Waals surface area contributed by atoms with Crippen molar-refractivity contribution in [1.29, 1.82) is 0 Å². The molecule has 0 saturated heterocycles. The van der Waals surface area contributed by atoms with Gasteiger partial charge < -0.3 is 5.32 Å². The van der Waals surface area contributed by atoms with Gasteiger partial charge in [-0.25, -0.2) is 0 Å². The topological polar surface area (TPSA) is 12.0 Å². The zero-order chi connectivity index (χ0) is 7.68. The van der Waals surface area contributed by atoms with Crippen LogP contribution in [0.4, 0.5) is 5.69 Å². The van der Waals surface area contributed by atoms with Crippen LogP contribution < -0.4 is 5.32 Å². The van der Waals surface area contributed by atoms with Crippen molar-refractivity contribution in [2.45, 2.75) is 25.8 Å². The maximum Gasteiger partial charge on any atom is 0.0374 e. The lowest BCUT2D eigenvalue weighted by Gasteiger charge is -2.23. The minimum absolute atomic E-state index is 0. The summed E-state index contributed by atoms with van der Waals surface area (Å²) in [6.07, 6.45) is 2.49. The minimum atomic E-state index is 0. The van der Waals surface area contributed by atoms with E-state index in [-0.39, 0.29) is 1.43 Å². The van der Waals surface area contributed by atoms with Gasteiger partial charge in [-0.3, -0.25) is 0 Å². The standard InChI is InChI=1S/C10H13N.H2/c1-8-6-7-9-4-2-3-5-10(9)11-8;/h2-5,8,11H,6-7H2,1H3;1H. The van der Waals surface area contributed by atoms with Gasteiger partial charge in [-0.05, 0) is 31.4 Å². The molecule has 2 rings (SSSR count). The number of hydrogen-bond acceptors (Lipinski definition) is 1. The first kappa shape index (κ1) is 6.71. The van der Waals surface area contributed by atoms with E-state index in [1.165, 1.54) is 24.1 Å². The van der Waals surface area contributed by atoms with Crippen LogP contribution in [-0.4, -0.2) is 6.04 Å². The predicted octanol–water partition coefficient (Wildman–Crippen LogP) is 2.68. The molecule has 1 N–H and O–H groups in total. The summed E-state index contributed by atoms with van der Waals surface area (Å²) in [6.45, 7) is 2.23. The van der Waals surface area contributed by atoms with E-state index < -0.39 is 0 Å². The molecule has 0 aromatic heterocycles. The summed E-state index contributed by atoms with van der Waals surface area (Å²) in [4.78, 5) is 0. The molecule has 1 aromatic rings. The van der Waals surface area contributed by atoms with Crippen molar-refractivity contribution in [2.75, 3.05) is 5.32 Å². The molecule has 1 nitrogen and oxygen atoms in total. The van der Waals surface area contributed by atoms with Crippen molar-refractivity contribution >= 4 is 5.69 Å². The van der Waals surface area contributed by atoms with E-state index in [9.17, 15) is 0 Å². The number of anilines is 1. The van der Waals surface area contributed by atoms with E-state index in [0.29, 0.717) is 6.04 Å².